The van der Waals surface area contributed by atoms with E-state index in [9.17, 15) is 9.59 Å². The summed E-state index contributed by atoms with van der Waals surface area (Å²) in [6.07, 6.45) is 2.86. The monoisotopic (exact) mass is 300 g/mol. The number of nitrogens with one attached hydrogen (secondary N) is 1. The van der Waals surface area contributed by atoms with E-state index in [-0.39, 0.29) is 31.2 Å². The molecule has 0 radical (unpaired) electrons. The number of urea groups is 1. The zero-order chi connectivity index (χ0) is 15.5. The molecule has 2 rings (SSSR count). The molecule has 0 aromatic rings. The number of aliphatic carboxylic acids is 1. The summed E-state index contributed by atoms with van der Waals surface area (Å²) in [6, 6.07) is -0.344. The predicted molar refractivity (Wildman–Crippen MR) is 75.0 cm³/mol. The third-order valence-electron chi connectivity index (χ3n) is 4.39. The summed E-state index contributed by atoms with van der Waals surface area (Å²) in [6.45, 7) is 2.46. The van der Waals surface area contributed by atoms with Gasteiger partial charge in [0.15, 0.2) is 0 Å². The fourth-order valence-electron chi connectivity index (χ4n) is 3.20. The maximum absolute atomic E-state index is 12.5. The zero-order valence-corrected chi connectivity index (χ0v) is 12.4. The average Bonchev–Trinajstić information content (AvgIpc) is 2.86. The highest BCUT2D eigenvalue weighted by Gasteiger charge is 2.40. The number of morpholine rings is 1. The smallest absolute Gasteiger partial charge is 0.318 e. The van der Waals surface area contributed by atoms with Gasteiger partial charge in [-0.1, -0.05) is 12.8 Å². The molecule has 2 fully saturated rings. The first kappa shape index (κ1) is 16.0. The molecule has 3 N–H and O–H groups in total. The second-order valence-electron chi connectivity index (χ2n) is 6.13. The summed E-state index contributed by atoms with van der Waals surface area (Å²) in [5, 5.41) is 21.2. The molecule has 21 heavy (non-hydrogen) atoms. The van der Waals surface area contributed by atoms with Crippen molar-refractivity contribution in [3.63, 3.8) is 0 Å². The summed E-state index contributed by atoms with van der Waals surface area (Å²) in [4.78, 5) is 25.2. The van der Waals surface area contributed by atoms with Crippen LogP contribution < -0.4 is 5.32 Å². The molecule has 1 saturated carbocycles. The van der Waals surface area contributed by atoms with Crippen molar-refractivity contribution in [3.8, 4) is 0 Å². The quantitative estimate of drug-likeness (QED) is 0.705. The first-order chi connectivity index (χ1) is 9.96. The van der Waals surface area contributed by atoms with Crippen LogP contribution in [0, 0.1) is 0 Å². The number of aliphatic hydroxyl groups excluding tert-OH is 1. The second-order valence-corrected chi connectivity index (χ2v) is 6.13. The molecule has 1 saturated heterocycles. The molecule has 0 aromatic heterocycles. The SMILES string of the molecule is CC1COC(CO)CN1C(=O)NC1(CC(=O)O)CCCC1. The molecule has 0 aromatic carbocycles. The Morgan fingerprint density at radius 2 is 2.05 bits per heavy atom. The van der Waals surface area contributed by atoms with Gasteiger partial charge in [0, 0.05) is 0 Å². The highest BCUT2D eigenvalue weighted by molar-refractivity contribution is 5.77. The molecule has 2 unspecified atom stereocenters. The molecule has 2 atom stereocenters. The second kappa shape index (κ2) is 6.62. The van der Waals surface area contributed by atoms with Gasteiger partial charge in [-0.25, -0.2) is 4.79 Å². The number of hydrogen-bond donors (Lipinski definition) is 3. The van der Waals surface area contributed by atoms with Crippen molar-refractivity contribution < 1.29 is 24.5 Å². The van der Waals surface area contributed by atoms with Crippen LogP contribution >= 0.6 is 0 Å². The number of rotatable bonds is 4. The molecule has 1 aliphatic carbocycles. The van der Waals surface area contributed by atoms with E-state index in [1.807, 2.05) is 6.92 Å². The van der Waals surface area contributed by atoms with E-state index in [4.69, 9.17) is 14.9 Å². The fourth-order valence-corrected chi connectivity index (χ4v) is 3.20. The molecular formula is C14H24N2O5. The number of carbonyl (C=O) groups excluding carboxylic acids is 1. The van der Waals surface area contributed by atoms with E-state index in [0.29, 0.717) is 26.0 Å². The maximum atomic E-state index is 12.5. The number of amides is 2. The van der Waals surface area contributed by atoms with Gasteiger partial charge in [-0.15, -0.1) is 0 Å². The first-order valence-electron chi connectivity index (χ1n) is 7.49. The van der Waals surface area contributed by atoms with Gasteiger partial charge in [0.25, 0.3) is 0 Å². The molecule has 1 aliphatic heterocycles. The van der Waals surface area contributed by atoms with Crippen molar-refractivity contribution in [2.75, 3.05) is 19.8 Å². The van der Waals surface area contributed by atoms with Crippen LogP contribution in [0.3, 0.4) is 0 Å². The molecule has 0 bridgehead atoms. The number of ether oxygens (including phenoxy) is 1. The van der Waals surface area contributed by atoms with Crippen LogP contribution in [-0.2, 0) is 9.53 Å². The lowest BCUT2D eigenvalue weighted by molar-refractivity contribution is -0.138. The van der Waals surface area contributed by atoms with Crippen molar-refractivity contribution in [1.82, 2.24) is 10.2 Å². The van der Waals surface area contributed by atoms with Gasteiger partial charge in [0.05, 0.1) is 43.9 Å². The van der Waals surface area contributed by atoms with E-state index >= 15 is 0 Å². The molecule has 0 spiro atoms. The van der Waals surface area contributed by atoms with Gasteiger partial charge in [0.1, 0.15) is 0 Å². The van der Waals surface area contributed by atoms with Gasteiger partial charge in [-0.2, -0.15) is 0 Å². The number of nitrogens with zero attached hydrogens (tertiary/aromatic N) is 1. The van der Waals surface area contributed by atoms with Gasteiger partial charge in [-0.3, -0.25) is 4.79 Å². The summed E-state index contributed by atoms with van der Waals surface area (Å²) < 4.78 is 5.41. The Balaban J connectivity index is 2.02. The lowest BCUT2D eigenvalue weighted by Crippen LogP contribution is -2.59. The van der Waals surface area contributed by atoms with Crippen molar-refractivity contribution in [2.45, 2.75) is 56.7 Å². The van der Waals surface area contributed by atoms with Crippen LogP contribution in [0.4, 0.5) is 4.79 Å². The van der Waals surface area contributed by atoms with Crippen molar-refractivity contribution in [3.05, 3.63) is 0 Å². The highest BCUT2D eigenvalue weighted by atomic mass is 16.5. The van der Waals surface area contributed by atoms with Crippen LogP contribution in [-0.4, -0.2) is 64.6 Å². The lowest BCUT2D eigenvalue weighted by Gasteiger charge is -2.40. The van der Waals surface area contributed by atoms with Crippen LogP contribution in [0.25, 0.3) is 0 Å². The van der Waals surface area contributed by atoms with Crippen LogP contribution in [0.1, 0.15) is 39.0 Å². The van der Waals surface area contributed by atoms with Gasteiger partial charge >= 0.3 is 12.0 Å². The lowest BCUT2D eigenvalue weighted by atomic mass is 9.93. The fraction of sp³-hybridized carbons (Fsp3) is 0.857. The summed E-state index contributed by atoms with van der Waals surface area (Å²) >= 11 is 0. The molecule has 1 heterocycles. The number of aliphatic hydroxyl groups is 1. The topological polar surface area (TPSA) is 99.1 Å². The Hall–Kier alpha value is -1.34. The van der Waals surface area contributed by atoms with E-state index in [1.54, 1.807) is 4.90 Å². The number of carboxylic acids is 1. The minimum Gasteiger partial charge on any atom is -0.481 e. The van der Waals surface area contributed by atoms with E-state index in [1.165, 1.54) is 0 Å². The molecule has 7 nitrogen and oxygen atoms in total. The standard InChI is InChI=1S/C14H24N2O5/c1-10-9-21-11(8-17)7-16(10)13(20)15-14(6-12(18)19)4-2-3-5-14/h10-11,17H,2-9H2,1H3,(H,15,20)(H,18,19). The molecule has 2 aliphatic rings. The molecule has 2 amide bonds. The summed E-state index contributed by atoms with van der Waals surface area (Å²) in [7, 11) is 0. The van der Waals surface area contributed by atoms with Gasteiger partial charge < -0.3 is 25.2 Å². The zero-order valence-electron chi connectivity index (χ0n) is 12.4. The Kier molecular flexibility index (Phi) is 5.05. The average molecular weight is 300 g/mol. The van der Waals surface area contributed by atoms with E-state index in [0.717, 1.165) is 12.8 Å². The minimum atomic E-state index is -0.888. The minimum absolute atomic E-state index is 0.0408. The van der Waals surface area contributed by atoms with Crippen LogP contribution in [0.2, 0.25) is 0 Å². The van der Waals surface area contributed by atoms with E-state index in [2.05, 4.69) is 5.32 Å². The summed E-state index contributed by atoms with van der Waals surface area (Å²) in [5.74, 6) is -0.888. The van der Waals surface area contributed by atoms with Crippen molar-refractivity contribution >= 4 is 12.0 Å². The third kappa shape index (κ3) is 3.85. The normalized spacial score (nSPS) is 28.4. The number of carbonyl (C=O) groups is 2. The van der Waals surface area contributed by atoms with Crippen molar-refractivity contribution in [2.24, 2.45) is 0 Å². The molecule has 7 heteroatoms. The maximum Gasteiger partial charge on any atom is 0.318 e. The third-order valence-corrected chi connectivity index (χ3v) is 4.39. The molecular weight excluding hydrogens is 276 g/mol. The Morgan fingerprint density at radius 3 is 2.62 bits per heavy atom. The Labute approximate surface area is 124 Å². The predicted octanol–water partition coefficient (Wildman–Crippen LogP) is 0.565. The number of hydrogen-bond acceptors (Lipinski definition) is 4. The van der Waals surface area contributed by atoms with Crippen LogP contribution in [0.15, 0.2) is 0 Å². The summed E-state index contributed by atoms with van der Waals surface area (Å²) in [5.41, 5.74) is -0.629. The first-order valence-corrected chi connectivity index (χ1v) is 7.49. The molecule has 120 valence electrons. The largest absolute Gasteiger partial charge is 0.481 e. The van der Waals surface area contributed by atoms with Crippen molar-refractivity contribution in [1.29, 1.82) is 0 Å². The Bertz CT molecular complexity index is 395. The van der Waals surface area contributed by atoms with E-state index < -0.39 is 11.5 Å². The van der Waals surface area contributed by atoms with Gasteiger partial charge in [0.2, 0.25) is 0 Å². The highest BCUT2D eigenvalue weighted by Crippen LogP contribution is 2.33. The van der Waals surface area contributed by atoms with Gasteiger partial charge in [-0.05, 0) is 19.8 Å². The number of carboxylic acid groups (broad SMARTS) is 1. The Morgan fingerprint density at radius 1 is 1.38 bits per heavy atom. The van der Waals surface area contributed by atoms with Crippen LogP contribution in [0.5, 0.6) is 0 Å².